The molecule has 0 bridgehead atoms. The maximum atomic E-state index is 12.7. The number of para-hydroxylation sites is 2. The Hall–Kier alpha value is -3.01. The summed E-state index contributed by atoms with van der Waals surface area (Å²) in [5.74, 6) is -0.576. The molecule has 3 heterocycles. The van der Waals surface area contributed by atoms with E-state index in [-0.39, 0.29) is 11.1 Å². The Morgan fingerprint density at radius 1 is 1.15 bits per heavy atom. The van der Waals surface area contributed by atoms with E-state index in [0.29, 0.717) is 38.7 Å². The fourth-order valence-electron chi connectivity index (χ4n) is 3.35. The summed E-state index contributed by atoms with van der Waals surface area (Å²) in [7, 11) is 1.30. The molecule has 0 spiro atoms. The predicted octanol–water partition coefficient (Wildman–Crippen LogP) is 3.27. The number of aromatic amines is 1. The molecule has 0 saturated carbocycles. The number of methoxy groups -OCH3 is 1. The highest BCUT2D eigenvalue weighted by atomic mass is 127. The summed E-state index contributed by atoms with van der Waals surface area (Å²) >= 11 is 2.16. The van der Waals surface area contributed by atoms with Crippen LogP contribution in [0.4, 0.5) is 0 Å². The van der Waals surface area contributed by atoms with Crippen molar-refractivity contribution >= 4 is 67.3 Å². The number of fused-ring (bicyclic) bond motifs is 6. The summed E-state index contributed by atoms with van der Waals surface area (Å²) in [4.78, 5) is 37.3. The van der Waals surface area contributed by atoms with E-state index in [1.54, 1.807) is 10.5 Å². The molecule has 27 heavy (non-hydrogen) atoms. The number of rotatable bonds is 1. The number of halogens is 1. The van der Waals surface area contributed by atoms with E-state index in [4.69, 9.17) is 9.72 Å². The second-order valence-electron chi connectivity index (χ2n) is 6.05. The lowest BCUT2D eigenvalue weighted by Crippen LogP contribution is -2.12. The standard InChI is InChI=1S/C19H11IN4O3/c1-27-19(26)14-15-17(22-12-5-3-2-4-11(12)21-15)24-13-7-6-9(20)8-10(13)18(25)23-16(14)24/h2-8H,1H3,(H,23,25). The van der Waals surface area contributed by atoms with Crippen molar-refractivity contribution in [3.63, 3.8) is 0 Å². The van der Waals surface area contributed by atoms with E-state index >= 15 is 0 Å². The van der Waals surface area contributed by atoms with Gasteiger partial charge in [0, 0.05) is 3.57 Å². The van der Waals surface area contributed by atoms with Crippen LogP contribution in [0.15, 0.2) is 47.3 Å². The summed E-state index contributed by atoms with van der Waals surface area (Å²) in [6.45, 7) is 0. The lowest BCUT2D eigenvalue weighted by Gasteiger charge is -2.04. The van der Waals surface area contributed by atoms with Gasteiger partial charge in [0.15, 0.2) is 5.65 Å². The molecular formula is C19H11IN4O3. The largest absolute Gasteiger partial charge is 0.465 e. The number of hydrogen-bond acceptors (Lipinski definition) is 5. The Morgan fingerprint density at radius 2 is 1.89 bits per heavy atom. The maximum Gasteiger partial charge on any atom is 0.343 e. The number of carbonyl (C=O) groups excluding carboxylic acids is 1. The highest BCUT2D eigenvalue weighted by Crippen LogP contribution is 2.28. The first-order valence-corrected chi connectivity index (χ1v) is 9.17. The van der Waals surface area contributed by atoms with Gasteiger partial charge in [-0.2, -0.15) is 0 Å². The zero-order valence-electron chi connectivity index (χ0n) is 14.0. The minimum absolute atomic E-state index is 0.198. The quantitative estimate of drug-likeness (QED) is 0.300. The van der Waals surface area contributed by atoms with Gasteiger partial charge in [-0.05, 0) is 52.9 Å². The number of ether oxygens (including phenoxy) is 1. The Bertz CT molecular complexity index is 1470. The SMILES string of the molecule is COC(=O)c1c2nc3ccccc3nc2n2c1[nH]c(=O)c1cc(I)ccc12. The molecule has 0 saturated heterocycles. The second kappa shape index (κ2) is 5.74. The van der Waals surface area contributed by atoms with E-state index in [1.165, 1.54) is 7.11 Å². The number of carbonyl (C=O) groups is 1. The third-order valence-electron chi connectivity index (χ3n) is 4.53. The van der Waals surface area contributed by atoms with E-state index < -0.39 is 5.97 Å². The number of nitrogens with one attached hydrogen (secondary N) is 1. The summed E-state index contributed by atoms with van der Waals surface area (Å²) in [5, 5.41) is 0.512. The van der Waals surface area contributed by atoms with Crippen molar-refractivity contribution in [1.82, 2.24) is 19.4 Å². The molecule has 0 aliphatic rings. The average molecular weight is 470 g/mol. The van der Waals surface area contributed by atoms with Crippen LogP contribution in [0.3, 0.4) is 0 Å². The van der Waals surface area contributed by atoms with Crippen LogP contribution in [0, 0.1) is 3.57 Å². The van der Waals surface area contributed by atoms with Crippen LogP contribution < -0.4 is 5.56 Å². The fraction of sp³-hybridized carbons (Fsp3) is 0.0526. The lowest BCUT2D eigenvalue weighted by atomic mass is 10.2. The Balaban J connectivity index is 2.12. The lowest BCUT2D eigenvalue weighted by molar-refractivity contribution is 0.0604. The molecule has 0 radical (unpaired) electrons. The van der Waals surface area contributed by atoms with E-state index in [2.05, 4.69) is 32.6 Å². The number of nitrogens with zero attached hydrogens (tertiary/aromatic N) is 3. The van der Waals surface area contributed by atoms with Crippen molar-refractivity contribution in [1.29, 1.82) is 0 Å². The van der Waals surface area contributed by atoms with Crippen LogP contribution in [0.25, 0.3) is 38.7 Å². The van der Waals surface area contributed by atoms with Crippen LogP contribution in [0.5, 0.6) is 0 Å². The van der Waals surface area contributed by atoms with E-state index in [9.17, 15) is 9.59 Å². The molecule has 8 heteroatoms. The molecule has 132 valence electrons. The zero-order chi connectivity index (χ0) is 18.7. The number of benzene rings is 2. The molecule has 5 aromatic rings. The number of H-pyrrole nitrogens is 1. The third kappa shape index (κ3) is 2.26. The molecule has 0 unspecified atom stereocenters. The van der Waals surface area contributed by atoms with Gasteiger partial charge in [-0.3, -0.25) is 9.20 Å². The highest BCUT2D eigenvalue weighted by Gasteiger charge is 2.24. The van der Waals surface area contributed by atoms with Crippen molar-refractivity contribution in [3.8, 4) is 0 Å². The molecule has 0 atom stereocenters. The molecule has 0 aliphatic carbocycles. The van der Waals surface area contributed by atoms with Gasteiger partial charge >= 0.3 is 5.97 Å². The zero-order valence-corrected chi connectivity index (χ0v) is 16.1. The molecule has 0 fully saturated rings. The molecule has 0 amide bonds. The first-order chi connectivity index (χ1) is 13.1. The number of esters is 1. The van der Waals surface area contributed by atoms with Crippen LogP contribution in [-0.4, -0.2) is 32.4 Å². The van der Waals surface area contributed by atoms with Crippen molar-refractivity contribution in [2.24, 2.45) is 0 Å². The van der Waals surface area contributed by atoms with Crippen molar-refractivity contribution in [3.05, 3.63) is 62.0 Å². The van der Waals surface area contributed by atoms with E-state index in [0.717, 1.165) is 3.57 Å². The van der Waals surface area contributed by atoms with Gasteiger partial charge in [0.05, 0.1) is 29.0 Å². The first-order valence-electron chi connectivity index (χ1n) is 8.09. The summed E-state index contributed by atoms with van der Waals surface area (Å²) < 4.78 is 7.64. The fourth-order valence-corrected chi connectivity index (χ4v) is 3.84. The smallest absolute Gasteiger partial charge is 0.343 e. The molecule has 3 aromatic heterocycles. The van der Waals surface area contributed by atoms with Gasteiger partial charge in [0.25, 0.3) is 5.56 Å². The third-order valence-corrected chi connectivity index (χ3v) is 5.20. The Labute approximate surface area is 165 Å². The van der Waals surface area contributed by atoms with Gasteiger partial charge in [-0.25, -0.2) is 14.8 Å². The minimum Gasteiger partial charge on any atom is -0.465 e. The van der Waals surface area contributed by atoms with Gasteiger partial charge < -0.3 is 9.72 Å². The molecular weight excluding hydrogens is 459 g/mol. The van der Waals surface area contributed by atoms with Crippen LogP contribution in [0.1, 0.15) is 10.4 Å². The van der Waals surface area contributed by atoms with Crippen LogP contribution >= 0.6 is 22.6 Å². The molecule has 1 N–H and O–H groups in total. The number of hydrogen-bond donors (Lipinski definition) is 1. The monoisotopic (exact) mass is 470 g/mol. The van der Waals surface area contributed by atoms with Gasteiger partial charge in [-0.15, -0.1) is 0 Å². The van der Waals surface area contributed by atoms with Crippen molar-refractivity contribution in [2.45, 2.75) is 0 Å². The normalized spacial score (nSPS) is 11.6. The first kappa shape index (κ1) is 16.2. The molecule has 7 nitrogen and oxygen atoms in total. The highest BCUT2D eigenvalue weighted by molar-refractivity contribution is 14.1. The van der Waals surface area contributed by atoms with Crippen molar-refractivity contribution < 1.29 is 9.53 Å². The van der Waals surface area contributed by atoms with Crippen LogP contribution in [0.2, 0.25) is 0 Å². The average Bonchev–Trinajstić information content (AvgIpc) is 2.98. The van der Waals surface area contributed by atoms with E-state index in [1.807, 2.05) is 36.4 Å². The molecule has 0 aliphatic heterocycles. The Morgan fingerprint density at radius 3 is 2.63 bits per heavy atom. The molecule has 2 aromatic carbocycles. The summed E-state index contributed by atoms with van der Waals surface area (Å²) in [6.07, 6.45) is 0. The predicted molar refractivity (Wildman–Crippen MR) is 110 cm³/mol. The second-order valence-corrected chi connectivity index (χ2v) is 7.30. The summed E-state index contributed by atoms with van der Waals surface area (Å²) in [6, 6.07) is 13.0. The Kier molecular flexibility index (Phi) is 3.44. The van der Waals surface area contributed by atoms with Gasteiger partial charge in [-0.1, -0.05) is 12.1 Å². The summed E-state index contributed by atoms with van der Waals surface area (Å²) in [5.41, 5.74) is 3.13. The molecule has 5 rings (SSSR count). The van der Waals surface area contributed by atoms with Crippen molar-refractivity contribution in [2.75, 3.05) is 7.11 Å². The topological polar surface area (TPSA) is 89.3 Å². The number of aromatic nitrogens is 4. The van der Waals surface area contributed by atoms with Gasteiger partial charge in [0.1, 0.15) is 16.7 Å². The van der Waals surface area contributed by atoms with Crippen LogP contribution in [-0.2, 0) is 4.74 Å². The minimum atomic E-state index is -0.576. The van der Waals surface area contributed by atoms with Gasteiger partial charge in [0.2, 0.25) is 0 Å². The maximum absolute atomic E-state index is 12.7.